The van der Waals surface area contributed by atoms with E-state index in [1.807, 2.05) is 13.8 Å². The number of carbonyl (C=O) groups is 2. The molecule has 1 N–H and O–H groups in total. The Morgan fingerprint density at radius 2 is 1.88 bits per heavy atom. The predicted molar refractivity (Wildman–Crippen MR) is 89.1 cm³/mol. The van der Waals surface area contributed by atoms with Gasteiger partial charge in [-0.3, -0.25) is 14.6 Å². The van der Waals surface area contributed by atoms with Crippen LogP contribution in [0.25, 0.3) is 0 Å². The molecule has 0 aliphatic rings. The largest absolute Gasteiger partial charge is 0.480 e. The second-order valence-electron chi connectivity index (χ2n) is 5.79. The topological polar surface area (TPSA) is 79.7 Å². The van der Waals surface area contributed by atoms with Crippen molar-refractivity contribution in [2.75, 3.05) is 13.1 Å². The molecule has 0 saturated carbocycles. The smallest absolute Gasteiger partial charge is 0.323 e. The van der Waals surface area contributed by atoms with Crippen molar-refractivity contribution in [3.8, 4) is 11.5 Å². The molecular formula is C18H20N2O4. The van der Waals surface area contributed by atoms with Gasteiger partial charge in [0.1, 0.15) is 18.0 Å². The number of carbonyl (C=O) groups excluding carboxylic acids is 1. The van der Waals surface area contributed by atoms with Crippen LogP contribution in [0, 0.1) is 5.92 Å². The van der Waals surface area contributed by atoms with Crippen molar-refractivity contribution in [2.45, 2.75) is 13.8 Å². The fraction of sp³-hybridized carbons (Fsp3) is 0.278. The molecule has 0 aliphatic carbocycles. The Kier molecular flexibility index (Phi) is 5.89. The Balaban J connectivity index is 2.10. The predicted octanol–water partition coefficient (Wildman–Crippen LogP) is 3.06. The van der Waals surface area contributed by atoms with Crippen LogP contribution in [-0.2, 0) is 4.79 Å². The highest BCUT2D eigenvalue weighted by Gasteiger charge is 2.19. The van der Waals surface area contributed by atoms with Gasteiger partial charge in [-0.25, -0.2) is 0 Å². The monoisotopic (exact) mass is 328 g/mol. The molecule has 0 unspecified atom stereocenters. The summed E-state index contributed by atoms with van der Waals surface area (Å²) in [6.07, 6.45) is 3.25. The molecule has 1 amide bonds. The molecule has 0 atom stereocenters. The normalized spacial score (nSPS) is 10.5. The molecule has 1 aromatic carbocycles. The molecule has 6 nitrogen and oxygen atoms in total. The average Bonchev–Trinajstić information content (AvgIpc) is 2.54. The second kappa shape index (κ2) is 8.10. The van der Waals surface area contributed by atoms with E-state index >= 15 is 0 Å². The summed E-state index contributed by atoms with van der Waals surface area (Å²) in [4.78, 5) is 28.8. The first-order chi connectivity index (χ1) is 11.5. The van der Waals surface area contributed by atoms with Gasteiger partial charge in [-0.05, 0) is 42.3 Å². The van der Waals surface area contributed by atoms with Gasteiger partial charge in [-0.1, -0.05) is 13.8 Å². The van der Waals surface area contributed by atoms with E-state index in [0.29, 0.717) is 23.6 Å². The summed E-state index contributed by atoms with van der Waals surface area (Å²) in [5.74, 6) is 0.0260. The lowest BCUT2D eigenvalue weighted by molar-refractivity contribution is -0.137. The molecule has 2 aromatic rings. The number of carboxylic acid groups (broad SMARTS) is 1. The molecule has 1 aromatic heterocycles. The van der Waals surface area contributed by atoms with Gasteiger partial charge >= 0.3 is 5.97 Å². The summed E-state index contributed by atoms with van der Waals surface area (Å²) in [5, 5.41) is 8.98. The number of nitrogens with zero attached hydrogens (tertiary/aromatic N) is 2. The van der Waals surface area contributed by atoms with Gasteiger partial charge in [0.25, 0.3) is 5.91 Å². The highest BCUT2D eigenvalue weighted by molar-refractivity contribution is 5.96. The van der Waals surface area contributed by atoms with Crippen molar-refractivity contribution in [1.29, 1.82) is 0 Å². The molecule has 6 heteroatoms. The zero-order valence-corrected chi connectivity index (χ0v) is 13.7. The van der Waals surface area contributed by atoms with Gasteiger partial charge in [0.05, 0.1) is 6.20 Å². The molecule has 0 fully saturated rings. The molecule has 126 valence electrons. The van der Waals surface area contributed by atoms with Gasteiger partial charge in [0.2, 0.25) is 0 Å². The summed E-state index contributed by atoms with van der Waals surface area (Å²) in [6.45, 7) is 3.95. The van der Waals surface area contributed by atoms with E-state index in [0.717, 1.165) is 0 Å². The number of rotatable bonds is 7. The van der Waals surface area contributed by atoms with Gasteiger partial charge in [-0.2, -0.15) is 0 Å². The number of carboxylic acids is 1. The minimum absolute atomic E-state index is 0.182. The number of aromatic nitrogens is 1. The maximum absolute atomic E-state index is 12.5. The highest BCUT2D eigenvalue weighted by atomic mass is 16.5. The van der Waals surface area contributed by atoms with Gasteiger partial charge in [0.15, 0.2) is 0 Å². The maximum atomic E-state index is 12.5. The molecule has 1 heterocycles. The van der Waals surface area contributed by atoms with Crippen molar-refractivity contribution in [3.05, 3.63) is 54.4 Å². The molecule has 2 rings (SSSR count). The number of pyridine rings is 1. The Morgan fingerprint density at radius 1 is 1.17 bits per heavy atom. The van der Waals surface area contributed by atoms with Crippen LogP contribution in [0.4, 0.5) is 0 Å². The summed E-state index contributed by atoms with van der Waals surface area (Å²) in [5.41, 5.74) is 0.426. The fourth-order valence-electron chi connectivity index (χ4n) is 2.21. The standard InChI is InChI=1S/C18H20N2O4/c1-13(2)11-20(12-17(21)22)18(23)14-5-7-15(8-6-14)24-16-4-3-9-19-10-16/h3-10,13H,11-12H2,1-2H3,(H,21,22). The first-order valence-corrected chi connectivity index (χ1v) is 7.64. The van der Waals surface area contributed by atoms with E-state index in [2.05, 4.69) is 4.98 Å². The molecular weight excluding hydrogens is 308 g/mol. The summed E-state index contributed by atoms with van der Waals surface area (Å²) < 4.78 is 5.62. The van der Waals surface area contributed by atoms with Crippen molar-refractivity contribution in [2.24, 2.45) is 5.92 Å². The Labute approximate surface area is 140 Å². The molecule has 0 bridgehead atoms. The van der Waals surface area contributed by atoms with Gasteiger partial charge in [-0.15, -0.1) is 0 Å². The van der Waals surface area contributed by atoms with E-state index < -0.39 is 5.97 Å². The van der Waals surface area contributed by atoms with Gasteiger partial charge < -0.3 is 14.7 Å². The van der Waals surface area contributed by atoms with Crippen LogP contribution in [0.5, 0.6) is 11.5 Å². The SMILES string of the molecule is CC(C)CN(CC(=O)O)C(=O)c1ccc(Oc2cccnc2)cc1. The van der Waals surface area contributed by atoms with E-state index in [9.17, 15) is 9.59 Å². The van der Waals surface area contributed by atoms with E-state index in [1.54, 1.807) is 48.8 Å². The van der Waals surface area contributed by atoms with Crippen LogP contribution in [0.1, 0.15) is 24.2 Å². The number of hydrogen-bond acceptors (Lipinski definition) is 4. The van der Waals surface area contributed by atoms with E-state index in [1.165, 1.54) is 4.90 Å². The fourth-order valence-corrected chi connectivity index (χ4v) is 2.21. The van der Waals surface area contributed by atoms with Gasteiger partial charge in [0, 0.05) is 18.3 Å². The second-order valence-corrected chi connectivity index (χ2v) is 5.79. The first kappa shape index (κ1) is 17.5. The van der Waals surface area contributed by atoms with Crippen molar-refractivity contribution in [1.82, 2.24) is 9.88 Å². The minimum Gasteiger partial charge on any atom is -0.480 e. The summed E-state index contributed by atoms with van der Waals surface area (Å²) in [6, 6.07) is 10.2. The minimum atomic E-state index is -1.03. The molecule has 0 saturated heterocycles. The summed E-state index contributed by atoms with van der Waals surface area (Å²) >= 11 is 0. The van der Waals surface area contributed by atoms with Crippen LogP contribution in [0.3, 0.4) is 0 Å². The maximum Gasteiger partial charge on any atom is 0.323 e. The van der Waals surface area contributed by atoms with Crippen LogP contribution in [0.15, 0.2) is 48.8 Å². The number of aliphatic carboxylic acids is 1. The van der Waals surface area contributed by atoms with E-state index in [4.69, 9.17) is 9.84 Å². The van der Waals surface area contributed by atoms with Crippen LogP contribution in [0.2, 0.25) is 0 Å². The average molecular weight is 328 g/mol. The lowest BCUT2D eigenvalue weighted by atomic mass is 10.1. The first-order valence-electron chi connectivity index (χ1n) is 7.64. The zero-order chi connectivity index (χ0) is 17.5. The number of benzene rings is 1. The highest BCUT2D eigenvalue weighted by Crippen LogP contribution is 2.21. The molecule has 0 spiro atoms. The third kappa shape index (κ3) is 5.08. The number of amides is 1. The Morgan fingerprint density at radius 3 is 2.42 bits per heavy atom. The quantitative estimate of drug-likeness (QED) is 0.845. The van der Waals surface area contributed by atoms with Crippen molar-refractivity contribution >= 4 is 11.9 Å². The molecule has 0 radical (unpaired) electrons. The molecule has 0 aliphatic heterocycles. The lowest BCUT2D eigenvalue weighted by Gasteiger charge is -2.22. The van der Waals surface area contributed by atoms with Crippen molar-refractivity contribution < 1.29 is 19.4 Å². The van der Waals surface area contributed by atoms with Crippen LogP contribution < -0.4 is 4.74 Å². The van der Waals surface area contributed by atoms with Crippen LogP contribution >= 0.6 is 0 Å². The summed E-state index contributed by atoms with van der Waals surface area (Å²) in [7, 11) is 0. The number of hydrogen-bond donors (Lipinski definition) is 1. The lowest BCUT2D eigenvalue weighted by Crippen LogP contribution is -2.38. The van der Waals surface area contributed by atoms with E-state index in [-0.39, 0.29) is 18.4 Å². The van der Waals surface area contributed by atoms with Crippen LogP contribution in [-0.4, -0.2) is 40.0 Å². The third-order valence-electron chi connectivity index (χ3n) is 3.17. The third-order valence-corrected chi connectivity index (χ3v) is 3.17. The Hall–Kier alpha value is -2.89. The van der Waals surface area contributed by atoms with Crippen molar-refractivity contribution in [3.63, 3.8) is 0 Å². The Bertz CT molecular complexity index is 684. The molecule has 24 heavy (non-hydrogen) atoms. The zero-order valence-electron chi connectivity index (χ0n) is 13.7. The number of ether oxygens (including phenoxy) is 1.